The molecule has 1 heterocycles. The van der Waals surface area contributed by atoms with Crippen molar-refractivity contribution < 1.29 is 5.11 Å². The van der Waals surface area contributed by atoms with Crippen LogP contribution in [0.4, 0.5) is 0 Å². The molecule has 1 unspecified atom stereocenters. The van der Waals surface area contributed by atoms with Crippen molar-refractivity contribution in [1.82, 2.24) is 10.2 Å². The first kappa shape index (κ1) is 14.9. The highest BCUT2D eigenvalue weighted by Gasteiger charge is 2.32. The molecule has 0 amide bonds. The number of hydrogen-bond donors (Lipinski definition) is 2. The largest absolute Gasteiger partial charge is 0.394 e. The standard InChI is InChI=1S/C14H30N2O/c1-5-9-15-14(4,11-17)10-16-12(2)7-6-8-13(16)3/h12-13,15,17H,5-11H2,1-4H3/t12-,13+,14?. The average molecular weight is 242 g/mol. The third kappa shape index (κ3) is 4.23. The Balaban J connectivity index is 2.58. The molecule has 0 aromatic heterocycles. The van der Waals surface area contributed by atoms with Gasteiger partial charge in [0, 0.05) is 18.6 Å². The maximum Gasteiger partial charge on any atom is 0.0623 e. The van der Waals surface area contributed by atoms with E-state index >= 15 is 0 Å². The van der Waals surface area contributed by atoms with Crippen molar-refractivity contribution in [3.8, 4) is 0 Å². The smallest absolute Gasteiger partial charge is 0.0623 e. The molecule has 3 atom stereocenters. The van der Waals surface area contributed by atoms with Gasteiger partial charge in [-0.3, -0.25) is 4.90 Å². The number of aliphatic hydroxyl groups excluding tert-OH is 1. The summed E-state index contributed by atoms with van der Waals surface area (Å²) >= 11 is 0. The highest BCUT2D eigenvalue weighted by atomic mass is 16.3. The van der Waals surface area contributed by atoms with E-state index < -0.39 is 0 Å². The number of hydrogen-bond acceptors (Lipinski definition) is 3. The van der Waals surface area contributed by atoms with Crippen LogP contribution >= 0.6 is 0 Å². The Morgan fingerprint density at radius 3 is 2.35 bits per heavy atom. The first-order chi connectivity index (χ1) is 8.02. The lowest BCUT2D eigenvalue weighted by molar-refractivity contribution is 0.0476. The van der Waals surface area contributed by atoms with E-state index in [4.69, 9.17) is 0 Å². The minimum Gasteiger partial charge on any atom is -0.394 e. The van der Waals surface area contributed by atoms with E-state index in [0.29, 0.717) is 12.1 Å². The predicted octanol–water partition coefficient (Wildman–Crippen LogP) is 2.00. The van der Waals surface area contributed by atoms with Crippen LogP contribution in [0.25, 0.3) is 0 Å². The third-order valence-corrected chi connectivity index (χ3v) is 4.06. The van der Waals surface area contributed by atoms with Crippen LogP contribution in [-0.2, 0) is 0 Å². The van der Waals surface area contributed by atoms with Gasteiger partial charge < -0.3 is 10.4 Å². The van der Waals surface area contributed by atoms with Gasteiger partial charge in [-0.05, 0) is 46.6 Å². The Morgan fingerprint density at radius 2 is 1.88 bits per heavy atom. The first-order valence-electron chi connectivity index (χ1n) is 7.14. The topological polar surface area (TPSA) is 35.5 Å². The van der Waals surface area contributed by atoms with E-state index in [0.717, 1.165) is 19.5 Å². The Morgan fingerprint density at radius 1 is 1.29 bits per heavy atom. The zero-order valence-corrected chi connectivity index (χ0v) is 12.0. The van der Waals surface area contributed by atoms with E-state index in [-0.39, 0.29) is 12.1 Å². The van der Waals surface area contributed by atoms with Gasteiger partial charge in [-0.1, -0.05) is 13.3 Å². The molecular formula is C14H30N2O. The first-order valence-corrected chi connectivity index (χ1v) is 7.14. The van der Waals surface area contributed by atoms with E-state index in [9.17, 15) is 5.11 Å². The fraction of sp³-hybridized carbons (Fsp3) is 1.00. The van der Waals surface area contributed by atoms with Crippen molar-refractivity contribution in [1.29, 1.82) is 0 Å². The van der Waals surface area contributed by atoms with Crippen molar-refractivity contribution in [3.63, 3.8) is 0 Å². The molecule has 1 rings (SSSR count). The summed E-state index contributed by atoms with van der Waals surface area (Å²) in [5.41, 5.74) is -0.157. The monoisotopic (exact) mass is 242 g/mol. The molecule has 0 aromatic rings. The maximum atomic E-state index is 9.63. The maximum absolute atomic E-state index is 9.63. The third-order valence-electron chi connectivity index (χ3n) is 4.06. The summed E-state index contributed by atoms with van der Waals surface area (Å²) in [6.07, 6.45) is 5.04. The number of nitrogens with one attached hydrogen (secondary N) is 1. The van der Waals surface area contributed by atoms with Gasteiger partial charge in [0.15, 0.2) is 0 Å². The quantitative estimate of drug-likeness (QED) is 0.748. The molecule has 2 N–H and O–H groups in total. The molecule has 0 spiro atoms. The van der Waals surface area contributed by atoms with E-state index in [1.165, 1.54) is 19.3 Å². The summed E-state index contributed by atoms with van der Waals surface area (Å²) in [5.74, 6) is 0. The number of rotatable bonds is 6. The predicted molar refractivity (Wildman–Crippen MR) is 73.3 cm³/mol. The Hall–Kier alpha value is -0.120. The lowest BCUT2D eigenvalue weighted by Gasteiger charge is -2.44. The van der Waals surface area contributed by atoms with Gasteiger partial charge in [0.05, 0.1) is 12.1 Å². The molecule has 1 saturated heterocycles. The molecule has 1 aliphatic rings. The summed E-state index contributed by atoms with van der Waals surface area (Å²) in [4.78, 5) is 2.56. The Bertz CT molecular complexity index is 212. The zero-order valence-electron chi connectivity index (χ0n) is 12.0. The minimum absolute atomic E-state index is 0.157. The van der Waals surface area contributed by atoms with E-state index in [2.05, 4.69) is 37.9 Å². The summed E-state index contributed by atoms with van der Waals surface area (Å²) in [6, 6.07) is 1.29. The molecule has 1 aliphatic heterocycles. The molecule has 1 fully saturated rings. The highest BCUT2D eigenvalue weighted by molar-refractivity contribution is 4.91. The van der Waals surface area contributed by atoms with Crippen molar-refractivity contribution >= 4 is 0 Å². The number of nitrogens with zero attached hydrogens (tertiary/aromatic N) is 1. The molecule has 0 aliphatic carbocycles. The summed E-state index contributed by atoms with van der Waals surface area (Å²) in [7, 11) is 0. The summed E-state index contributed by atoms with van der Waals surface area (Å²) in [6.45, 7) is 11.1. The second kappa shape index (κ2) is 6.72. The van der Waals surface area contributed by atoms with Crippen molar-refractivity contribution in [2.75, 3.05) is 19.7 Å². The van der Waals surface area contributed by atoms with Crippen LogP contribution in [0.1, 0.15) is 53.4 Å². The molecule has 0 radical (unpaired) electrons. The highest BCUT2D eigenvalue weighted by Crippen LogP contribution is 2.24. The molecular weight excluding hydrogens is 212 g/mol. The summed E-state index contributed by atoms with van der Waals surface area (Å²) in [5, 5.41) is 13.1. The SMILES string of the molecule is CCCNC(C)(CO)CN1[C@H](C)CCC[C@@H]1C. The van der Waals surface area contributed by atoms with Crippen LogP contribution in [0, 0.1) is 0 Å². The lowest BCUT2D eigenvalue weighted by Crippen LogP contribution is -2.58. The molecule has 0 bridgehead atoms. The molecule has 17 heavy (non-hydrogen) atoms. The lowest BCUT2D eigenvalue weighted by atomic mass is 9.93. The van der Waals surface area contributed by atoms with Gasteiger partial charge in [0.25, 0.3) is 0 Å². The second-order valence-corrected chi connectivity index (χ2v) is 5.95. The fourth-order valence-electron chi connectivity index (χ4n) is 2.78. The van der Waals surface area contributed by atoms with Crippen molar-refractivity contribution in [2.24, 2.45) is 0 Å². The van der Waals surface area contributed by atoms with E-state index in [1.54, 1.807) is 0 Å². The molecule has 3 heteroatoms. The van der Waals surface area contributed by atoms with Gasteiger partial charge in [0.2, 0.25) is 0 Å². The van der Waals surface area contributed by atoms with Gasteiger partial charge in [0.1, 0.15) is 0 Å². The number of likely N-dealkylation sites (tertiary alicyclic amines) is 1. The van der Waals surface area contributed by atoms with Crippen LogP contribution in [-0.4, -0.2) is 47.3 Å². The Labute approximate surface area is 107 Å². The fourth-order valence-corrected chi connectivity index (χ4v) is 2.78. The van der Waals surface area contributed by atoms with Crippen molar-refractivity contribution in [2.45, 2.75) is 71.0 Å². The van der Waals surface area contributed by atoms with Crippen LogP contribution < -0.4 is 5.32 Å². The Kier molecular flexibility index (Phi) is 5.90. The van der Waals surface area contributed by atoms with Crippen LogP contribution in [0.3, 0.4) is 0 Å². The van der Waals surface area contributed by atoms with E-state index in [1.807, 2.05) is 0 Å². The number of piperidine rings is 1. The van der Waals surface area contributed by atoms with Crippen molar-refractivity contribution in [3.05, 3.63) is 0 Å². The van der Waals surface area contributed by atoms with Crippen LogP contribution in [0.2, 0.25) is 0 Å². The number of aliphatic hydroxyl groups is 1. The minimum atomic E-state index is -0.157. The second-order valence-electron chi connectivity index (χ2n) is 5.95. The van der Waals surface area contributed by atoms with Gasteiger partial charge in [-0.25, -0.2) is 0 Å². The van der Waals surface area contributed by atoms with Gasteiger partial charge >= 0.3 is 0 Å². The van der Waals surface area contributed by atoms with Crippen LogP contribution in [0.15, 0.2) is 0 Å². The molecule has 102 valence electrons. The van der Waals surface area contributed by atoms with Crippen LogP contribution in [0.5, 0.6) is 0 Å². The average Bonchev–Trinajstić information content (AvgIpc) is 2.32. The molecule has 0 saturated carbocycles. The molecule has 0 aromatic carbocycles. The van der Waals surface area contributed by atoms with Gasteiger partial charge in [-0.15, -0.1) is 0 Å². The zero-order chi connectivity index (χ0) is 12.9. The normalized spacial score (nSPS) is 30.2. The summed E-state index contributed by atoms with van der Waals surface area (Å²) < 4.78 is 0. The molecule has 3 nitrogen and oxygen atoms in total. The van der Waals surface area contributed by atoms with Gasteiger partial charge in [-0.2, -0.15) is 0 Å².